The fourth-order valence-corrected chi connectivity index (χ4v) is 3.74. The Labute approximate surface area is 176 Å². The Morgan fingerprint density at radius 2 is 1.81 bits per heavy atom. The third-order valence-electron chi connectivity index (χ3n) is 5.32. The van der Waals surface area contributed by atoms with Gasteiger partial charge in [0.2, 0.25) is 0 Å². The molecule has 0 radical (unpaired) electrons. The number of fused-ring (bicyclic) bond motifs is 2. The van der Waals surface area contributed by atoms with Gasteiger partial charge in [0, 0.05) is 41.3 Å². The van der Waals surface area contributed by atoms with E-state index in [2.05, 4.69) is 35.1 Å². The number of aromatic nitrogens is 8. The van der Waals surface area contributed by atoms with Crippen LogP contribution in [0.2, 0.25) is 0 Å². The Hall–Kier alpha value is -4.46. The molecule has 0 fully saturated rings. The van der Waals surface area contributed by atoms with Gasteiger partial charge in [-0.25, -0.2) is 9.97 Å². The molecule has 6 rings (SSSR count). The average molecular weight is 404 g/mol. The lowest BCUT2D eigenvalue weighted by Crippen LogP contribution is -1.89. The molecule has 0 aliphatic rings. The minimum absolute atomic E-state index is 0.617. The van der Waals surface area contributed by atoms with E-state index in [0.717, 1.165) is 44.5 Å². The van der Waals surface area contributed by atoms with Crippen LogP contribution in [0.3, 0.4) is 0 Å². The molecule has 0 unspecified atom stereocenters. The van der Waals surface area contributed by atoms with Gasteiger partial charge < -0.3 is 4.98 Å². The second-order valence-electron chi connectivity index (χ2n) is 7.24. The summed E-state index contributed by atoms with van der Waals surface area (Å²) in [4.78, 5) is 25.8. The van der Waals surface area contributed by atoms with Crippen LogP contribution in [-0.4, -0.2) is 40.1 Å². The van der Waals surface area contributed by atoms with Crippen molar-refractivity contribution in [3.05, 3.63) is 72.9 Å². The normalized spacial score (nSPS) is 11.4. The van der Waals surface area contributed by atoms with E-state index < -0.39 is 0 Å². The number of H-pyrrole nitrogens is 2. The van der Waals surface area contributed by atoms with Crippen molar-refractivity contribution in [2.24, 2.45) is 0 Å². The molecule has 6 heterocycles. The number of rotatable bonds is 3. The second-order valence-corrected chi connectivity index (χ2v) is 7.24. The van der Waals surface area contributed by atoms with Crippen LogP contribution in [0.1, 0.15) is 5.56 Å². The molecule has 0 aliphatic carbocycles. The topological polar surface area (TPSA) is 109 Å². The van der Waals surface area contributed by atoms with E-state index >= 15 is 0 Å². The number of hydrogen-bond acceptors (Lipinski definition) is 6. The first-order valence-corrected chi connectivity index (χ1v) is 9.79. The van der Waals surface area contributed by atoms with Crippen molar-refractivity contribution < 1.29 is 0 Å². The van der Waals surface area contributed by atoms with Crippen molar-refractivity contribution in [1.82, 2.24) is 40.1 Å². The minimum Gasteiger partial charge on any atom is -0.335 e. The van der Waals surface area contributed by atoms with Gasteiger partial charge in [-0.15, -0.1) is 0 Å². The smallest absolute Gasteiger partial charge is 0.178 e. The summed E-state index contributed by atoms with van der Waals surface area (Å²) in [5.74, 6) is 0.636. The van der Waals surface area contributed by atoms with Gasteiger partial charge in [-0.2, -0.15) is 5.10 Å². The molecule has 2 N–H and O–H groups in total. The van der Waals surface area contributed by atoms with E-state index in [-0.39, 0.29) is 0 Å². The van der Waals surface area contributed by atoms with Crippen molar-refractivity contribution in [2.45, 2.75) is 6.92 Å². The molecule has 31 heavy (non-hydrogen) atoms. The van der Waals surface area contributed by atoms with Gasteiger partial charge in [-0.3, -0.25) is 20.1 Å². The highest BCUT2D eigenvalue weighted by Gasteiger charge is 2.17. The summed E-state index contributed by atoms with van der Waals surface area (Å²) in [6.07, 6.45) is 8.91. The summed E-state index contributed by atoms with van der Waals surface area (Å²) in [6, 6.07) is 11.7. The van der Waals surface area contributed by atoms with Crippen LogP contribution >= 0.6 is 0 Å². The van der Waals surface area contributed by atoms with E-state index in [4.69, 9.17) is 4.98 Å². The molecule has 6 aromatic heterocycles. The lowest BCUT2D eigenvalue weighted by molar-refractivity contribution is 1.10. The molecule has 0 bridgehead atoms. The summed E-state index contributed by atoms with van der Waals surface area (Å²) in [7, 11) is 0. The molecule has 0 saturated heterocycles. The molecule has 0 saturated carbocycles. The van der Waals surface area contributed by atoms with Crippen molar-refractivity contribution in [3.63, 3.8) is 0 Å². The van der Waals surface area contributed by atoms with Gasteiger partial charge in [0.05, 0.1) is 28.6 Å². The van der Waals surface area contributed by atoms with Gasteiger partial charge >= 0.3 is 0 Å². The molecule has 0 aromatic carbocycles. The number of aromatic amines is 2. The SMILES string of the molecule is Cc1ccncc1-c1cc2c(-c3nc4nccc(-c5ccccn5)c4[nH]3)n[nH]c2cn1. The Balaban J connectivity index is 1.52. The first-order chi connectivity index (χ1) is 15.3. The molecule has 8 heteroatoms. The molecular weight excluding hydrogens is 388 g/mol. The van der Waals surface area contributed by atoms with Gasteiger partial charge in [0.25, 0.3) is 0 Å². The largest absolute Gasteiger partial charge is 0.335 e. The third-order valence-corrected chi connectivity index (χ3v) is 5.32. The van der Waals surface area contributed by atoms with Crippen LogP contribution < -0.4 is 0 Å². The minimum atomic E-state index is 0.617. The molecule has 6 aromatic rings. The molecular formula is C23H16N8. The first kappa shape index (κ1) is 17.4. The van der Waals surface area contributed by atoms with E-state index in [1.54, 1.807) is 24.8 Å². The number of nitrogens with one attached hydrogen (secondary N) is 2. The quantitative estimate of drug-likeness (QED) is 0.454. The van der Waals surface area contributed by atoms with Crippen LogP contribution in [0.5, 0.6) is 0 Å². The Bertz CT molecular complexity index is 1550. The van der Waals surface area contributed by atoms with Crippen LogP contribution in [0.4, 0.5) is 0 Å². The predicted molar refractivity (Wildman–Crippen MR) is 118 cm³/mol. The number of imidazole rings is 1. The Morgan fingerprint density at radius 3 is 2.68 bits per heavy atom. The molecule has 8 nitrogen and oxygen atoms in total. The van der Waals surface area contributed by atoms with Gasteiger partial charge in [0.1, 0.15) is 5.69 Å². The van der Waals surface area contributed by atoms with Crippen molar-refractivity contribution >= 4 is 22.1 Å². The van der Waals surface area contributed by atoms with E-state index in [1.807, 2.05) is 49.5 Å². The fourth-order valence-electron chi connectivity index (χ4n) is 3.74. The highest BCUT2D eigenvalue weighted by atomic mass is 15.1. The molecule has 0 atom stereocenters. The highest BCUT2D eigenvalue weighted by Crippen LogP contribution is 2.31. The maximum Gasteiger partial charge on any atom is 0.178 e. The number of aryl methyl sites for hydroxylation is 1. The van der Waals surface area contributed by atoms with Gasteiger partial charge in [-0.05, 0) is 42.8 Å². The Kier molecular flexibility index (Phi) is 3.82. The van der Waals surface area contributed by atoms with Crippen molar-refractivity contribution in [2.75, 3.05) is 0 Å². The predicted octanol–water partition coefficient (Wildman–Crippen LogP) is 4.33. The lowest BCUT2D eigenvalue weighted by atomic mass is 10.1. The summed E-state index contributed by atoms with van der Waals surface area (Å²) < 4.78 is 0. The van der Waals surface area contributed by atoms with Gasteiger partial charge in [0.15, 0.2) is 11.5 Å². The zero-order chi connectivity index (χ0) is 20.8. The van der Waals surface area contributed by atoms with Crippen LogP contribution in [0.15, 0.2) is 67.4 Å². The third kappa shape index (κ3) is 2.84. The fraction of sp³-hybridized carbons (Fsp3) is 0.0435. The van der Waals surface area contributed by atoms with Crippen molar-refractivity contribution in [3.8, 4) is 34.0 Å². The van der Waals surface area contributed by atoms with E-state index in [0.29, 0.717) is 17.2 Å². The molecule has 148 valence electrons. The maximum atomic E-state index is 4.70. The summed E-state index contributed by atoms with van der Waals surface area (Å²) in [5, 5.41) is 8.48. The first-order valence-electron chi connectivity index (χ1n) is 9.79. The van der Waals surface area contributed by atoms with Crippen molar-refractivity contribution in [1.29, 1.82) is 0 Å². The van der Waals surface area contributed by atoms with E-state index in [9.17, 15) is 0 Å². The summed E-state index contributed by atoms with van der Waals surface area (Å²) >= 11 is 0. The molecule has 0 amide bonds. The number of pyridine rings is 4. The second kappa shape index (κ2) is 6.81. The molecule has 0 spiro atoms. The zero-order valence-corrected chi connectivity index (χ0v) is 16.5. The lowest BCUT2D eigenvalue weighted by Gasteiger charge is -2.04. The average Bonchev–Trinajstić information content (AvgIpc) is 3.43. The Morgan fingerprint density at radius 1 is 0.839 bits per heavy atom. The van der Waals surface area contributed by atoms with Crippen LogP contribution in [0.25, 0.3) is 56.1 Å². The molecule has 0 aliphatic heterocycles. The maximum absolute atomic E-state index is 4.70. The van der Waals surface area contributed by atoms with Gasteiger partial charge in [-0.1, -0.05) is 6.07 Å². The number of hydrogen-bond donors (Lipinski definition) is 2. The van der Waals surface area contributed by atoms with E-state index in [1.165, 1.54) is 0 Å². The summed E-state index contributed by atoms with van der Waals surface area (Å²) in [6.45, 7) is 2.04. The number of nitrogens with zero attached hydrogens (tertiary/aromatic N) is 6. The standard InChI is InChI=1S/C23H16N8/c1-13-5-8-24-11-16(13)18-10-15-19(12-27-18)30-31-21(15)23-28-20-14(6-9-26-22(20)29-23)17-4-2-3-7-25-17/h2-12H,1H3,(H,30,31)(H,26,28,29). The highest BCUT2D eigenvalue weighted by molar-refractivity contribution is 5.96. The summed E-state index contributed by atoms with van der Waals surface area (Å²) in [5.41, 5.74) is 7.72. The van der Waals surface area contributed by atoms with Crippen LogP contribution in [-0.2, 0) is 0 Å². The monoisotopic (exact) mass is 404 g/mol. The zero-order valence-electron chi connectivity index (χ0n) is 16.5. The van der Waals surface area contributed by atoms with Crippen LogP contribution in [0, 0.1) is 6.92 Å².